The number of nitrogens with zero attached hydrogens (tertiary/aromatic N) is 1. The van der Waals surface area contributed by atoms with Gasteiger partial charge in [0.05, 0.1) is 0 Å². The highest BCUT2D eigenvalue weighted by atomic mass is 16.2. The molecule has 2 fully saturated rings. The fourth-order valence-electron chi connectivity index (χ4n) is 2.89. The molecule has 1 atom stereocenters. The van der Waals surface area contributed by atoms with Crippen LogP contribution in [0.15, 0.2) is 30.3 Å². The van der Waals surface area contributed by atoms with Crippen LogP contribution in [0.3, 0.4) is 0 Å². The van der Waals surface area contributed by atoms with Crippen molar-refractivity contribution in [1.29, 1.82) is 0 Å². The smallest absolute Gasteiger partial charge is 0.252 e. The molecule has 5 nitrogen and oxygen atoms in total. The number of benzene rings is 1. The summed E-state index contributed by atoms with van der Waals surface area (Å²) in [7, 11) is 0. The Bertz CT molecular complexity index is 540. The van der Waals surface area contributed by atoms with Gasteiger partial charge in [-0.25, -0.2) is 0 Å². The zero-order valence-electron chi connectivity index (χ0n) is 12.0. The van der Waals surface area contributed by atoms with E-state index >= 15 is 0 Å². The predicted octanol–water partition coefficient (Wildman–Crippen LogP) is 0.899. The number of rotatable bonds is 3. The van der Waals surface area contributed by atoms with Crippen LogP contribution in [0.25, 0.3) is 0 Å². The van der Waals surface area contributed by atoms with Crippen molar-refractivity contribution in [2.45, 2.75) is 37.3 Å². The van der Waals surface area contributed by atoms with Gasteiger partial charge in [0.25, 0.3) is 5.91 Å². The summed E-state index contributed by atoms with van der Waals surface area (Å²) in [4.78, 5) is 26.7. The van der Waals surface area contributed by atoms with Crippen molar-refractivity contribution in [3.63, 3.8) is 0 Å². The highest BCUT2D eigenvalue weighted by Crippen LogP contribution is 2.38. The molecule has 1 aromatic carbocycles. The Labute approximate surface area is 124 Å². The summed E-state index contributed by atoms with van der Waals surface area (Å²) in [5, 5.41) is 2.92. The minimum Gasteiger partial charge on any atom is -0.339 e. The second kappa shape index (κ2) is 5.48. The quantitative estimate of drug-likeness (QED) is 0.867. The Morgan fingerprint density at radius 1 is 1.24 bits per heavy atom. The Kier molecular flexibility index (Phi) is 3.68. The molecule has 1 saturated carbocycles. The molecular weight excluding hydrogens is 266 g/mol. The first-order valence-corrected chi connectivity index (χ1v) is 7.53. The van der Waals surface area contributed by atoms with Gasteiger partial charge in [-0.3, -0.25) is 9.59 Å². The van der Waals surface area contributed by atoms with E-state index in [4.69, 9.17) is 5.73 Å². The molecule has 1 aliphatic carbocycles. The standard InChI is InChI=1S/C16H21N3O2/c17-13-7-4-10-19(11-13)15(21)16(8-9-16)18-14(20)12-5-2-1-3-6-12/h1-3,5-6,13H,4,7-11,17H2,(H,18,20)/t13-/m1/s1. The van der Waals surface area contributed by atoms with Crippen LogP contribution in [0.1, 0.15) is 36.0 Å². The first-order valence-electron chi connectivity index (χ1n) is 7.53. The maximum atomic E-state index is 12.7. The zero-order valence-corrected chi connectivity index (χ0v) is 12.0. The molecule has 0 radical (unpaired) electrons. The van der Waals surface area contributed by atoms with Crippen molar-refractivity contribution >= 4 is 11.8 Å². The van der Waals surface area contributed by atoms with E-state index in [1.165, 1.54) is 0 Å². The lowest BCUT2D eigenvalue weighted by atomic mass is 10.0. The minimum absolute atomic E-state index is 0.0296. The van der Waals surface area contributed by atoms with Crippen molar-refractivity contribution in [3.05, 3.63) is 35.9 Å². The van der Waals surface area contributed by atoms with Gasteiger partial charge in [-0.1, -0.05) is 18.2 Å². The van der Waals surface area contributed by atoms with Crippen LogP contribution in [-0.2, 0) is 4.79 Å². The minimum atomic E-state index is -0.690. The summed E-state index contributed by atoms with van der Waals surface area (Å²) in [6.45, 7) is 1.34. The number of amides is 2. The lowest BCUT2D eigenvalue weighted by Crippen LogP contribution is -2.55. The molecule has 0 spiro atoms. The summed E-state index contributed by atoms with van der Waals surface area (Å²) in [6.07, 6.45) is 3.34. The topological polar surface area (TPSA) is 75.4 Å². The Hall–Kier alpha value is -1.88. The molecule has 1 aromatic rings. The van der Waals surface area contributed by atoms with Gasteiger partial charge < -0.3 is 16.0 Å². The van der Waals surface area contributed by atoms with Gasteiger partial charge in [0.2, 0.25) is 5.91 Å². The number of hydrogen-bond donors (Lipinski definition) is 2. The highest BCUT2D eigenvalue weighted by Gasteiger charge is 2.53. The van der Waals surface area contributed by atoms with Crippen LogP contribution in [0.2, 0.25) is 0 Å². The molecule has 21 heavy (non-hydrogen) atoms. The lowest BCUT2D eigenvalue weighted by molar-refractivity contribution is -0.135. The number of carbonyl (C=O) groups excluding carboxylic acids is 2. The normalized spacial score (nSPS) is 23.5. The van der Waals surface area contributed by atoms with Crippen LogP contribution in [0, 0.1) is 0 Å². The van der Waals surface area contributed by atoms with Crippen LogP contribution in [-0.4, -0.2) is 41.4 Å². The molecule has 2 amide bonds. The van der Waals surface area contributed by atoms with Crippen LogP contribution in [0.4, 0.5) is 0 Å². The number of nitrogens with two attached hydrogens (primary N) is 1. The highest BCUT2D eigenvalue weighted by molar-refractivity contribution is 6.00. The monoisotopic (exact) mass is 287 g/mol. The first-order chi connectivity index (χ1) is 10.1. The summed E-state index contributed by atoms with van der Waals surface area (Å²) < 4.78 is 0. The predicted molar refractivity (Wildman–Crippen MR) is 79.7 cm³/mol. The number of likely N-dealkylation sites (tertiary alicyclic amines) is 1. The van der Waals surface area contributed by atoms with Gasteiger partial charge >= 0.3 is 0 Å². The fourth-order valence-corrected chi connectivity index (χ4v) is 2.89. The molecular formula is C16H21N3O2. The van der Waals surface area contributed by atoms with Gasteiger partial charge in [-0.2, -0.15) is 0 Å². The second-order valence-corrected chi connectivity index (χ2v) is 6.06. The van der Waals surface area contributed by atoms with E-state index in [9.17, 15) is 9.59 Å². The van der Waals surface area contributed by atoms with E-state index in [2.05, 4.69) is 5.32 Å². The molecule has 0 unspecified atom stereocenters. The van der Waals surface area contributed by atoms with E-state index < -0.39 is 5.54 Å². The average Bonchev–Trinajstić information content (AvgIpc) is 3.28. The van der Waals surface area contributed by atoms with Crippen molar-refractivity contribution in [1.82, 2.24) is 10.2 Å². The molecule has 1 saturated heterocycles. The molecule has 1 aliphatic heterocycles. The summed E-state index contributed by atoms with van der Waals surface area (Å²) in [6, 6.07) is 9.08. The number of nitrogens with one attached hydrogen (secondary N) is 1. The van der Waals surface area contributed by atoms with E-state index in [-0.39, 0.29) is 17.9 Å². The van der Waals surface area contributed by atoms with E-state index in [1.54, 1.807) is 12.1 Å². The van der Waals surface area contributed by atoms with Crippen LogP contribution >= 0.6 is 0 Å². The molecule has 0 aromatic heterocycles. The lowest BCUT2D eigenvalue weighted by Gasteiger charge is -2.33. The number of piperidine rings is 1. The zero-order chi connectivity index (χ0) is 14.9. The van der Waals surface area contributed by atoms with Gasteiger partial charge in [-0.15, -0.1) is 0 Å². The molecule has 112 valence electrons. The first kappa shape index (κ1) is 14.1. The summed E-state index contributed by atoms with van der Waals surface area (Å²) in [5.74, 6) is -0.148. The van der Waals surface area contributed by atoms with Gasteiger partial charge in [0.15, 0.2) is 0 Å². The van der Waals surface area contributed by atoms with E-state index in [0.29, 0.717) is 12.1 Å². The molecule has 1 heterocycles. The summed E-state index contributed by atoms with van der Waals surface area (Å²) >= 11 is 0. The van der Waals surface area contributed by atoms with Gasteiger partial charge in [-0.05, 0) is 37.8 Å². The average molecular weight is 287 g/mol. The van der Waals surface area contributed by atoms with Crippen molar-refractivity contribution in [3.8, 4) is 0 Å². The maximum absolute atomic E-state index is 12.7. The summed E-state index contributed by atoms with van der Waals surface area (Å²) in [5.41, 5.74) is 5.84. The second-order valence-electron chi connectivity index (χ2n) is 6.06. The maximum Gasteiger partial charge on any atom is 0.252 e. The van der Waals surface area contributed by atoms with Gasteiger partial charge in [0.1, 0.15) is 5.54 Å². The number of hydrogen-bond acceptors (Lipinski definition) is 3. The van der Waals surface area contributed by atoms with Crippen LogP contribution < -0.4 is 11.1 Å². The van der Waals surface area contributed by atoms with Crippen molar-refractivity contribution in [2.24, 2.45) is 5.73 Å². The Balaban J connectivity index is 1.67. The van der Waals surface area contributed by atoms with Crippen molar-refractivity contribution in [2.75, 3.05) is 13.1 Å². The largest absolute Gasteiger partial charge is 0.339 e. The third-order valence-corrected chi connectivity index (χ3v) is 4.29. The fraction of sp³-hybridized carbons (Fsp3) is 0.500. The molecule has 2 aliphatic rings. The molecule has 0 bridgehead atoms. The third-order valence-electron chi connectivity index (χ3n) is 4.29. The molecule has 3 rings (SSSR count). The van der Waals surface area contributed by atoms with Gasteiger partial charge in [0, 0.05) is 24.7 Å². The Morgan fingerprint density at radius 2 is 1.95 bits per heavy atom. The van der Waals surface area contributed by atoms with E-state index in [0.717, 1.165) is 32.2 Å². The Morgan fingerprint density at radius 3 is 2.57 bits per heavy atom. The van der Waals surface area contributed by atoms with Crippen LogP contribution in [0.5, 0.6) is 0 Å². The van der Waals surface area contributed by atoms with E-state index in [1.807, 2.05) is 23.1 Å². The SMILES string of the molecule is N[C@@H]1CCCN(C(=O)C2(NC(=O)c3ccccc3)CC2)C1. The van der Waals surface area contributed by atoms with Crippen molar-refractivity contribution < 1.29 is 9.59 Å². The third kappa shape index (κ3) is 2.93. The molecule has 3 N–H and O–H groups in total. The number of carbonyl (C=O) groups is 2. The molecule has 5 heteroatoms.